The van der Waals surface area contributed by atoms with E-state index in [1.165, 1.54) is 21.9 Å². The van der Waals surface area contributed by atoms with Gasteiger partial charge in [-0.05, 0) is 32.0 Å². The van der Waals surface area contributed by atoms with Crippen molar-refractivity contribution in [2.24, 2.45) is 0 Å². The third-order valence-electron chi connectivity index (χ3n) is 3.94. The fourth-order valence-corrected chi connectivity index (χ4v) is 2.79. The lowest BCUT2D eigenvalue weighted by Gasteiger charge is -2.35. The van der Waals surface area contributed by atoms with Crippen molar-refractivity contribution in [1.29, 1.82) is 0 Å². The van der Waals surface area contributed by atoms with Gasteiger partial charge in [0.25, 0.3) is 5.91 Å². The first-order valence-electron chi connectivity index (χ1n) is 7.52. The molecule has 3 rings (SSSR count). The highest BCUT2D eigenvalue weighted by molar-refractivity contribution is 5.98. The summed E-state index contributed by atoms with van der Waals surface area (Å²) < 4.78 is 24.2. The molecular weight excluding hydrogens is 303 g/mol. The lowest BCUT2D eigenvalue weighted by Crippen LogP contribution is -2.55. The molecule has 124 valence electrons. The van der Waals surface area contributed by atoms with E-state index in [1.54, 1.807) is 26.0 Å². The summed E-state index contributed by atoms with van der Waals surface area (Å²) in [4.78, 5) is 27.7. The molecule has 1 atom stereocenters. The van der Waals surface area contributed by atoms with Gasteiger partial charge >= 0.3 is 0 Å². The predicted octanol–water partition coefficient (Wildman–Crippen LogP) is 1.15. The van der Waals surface area contributed by atoms with Gasteiger partial charge < -0.3 is 19.3 Å². The summed E-state index contributed by atoms with van der Waals surface area (Å²) in [6.45, 7) is 4.33. The minimum Gasteiger partial charge on any atom is -0.347 e. The molecule has 0 bridgehead atoms. The van der Waals surface area contributed by atoms with Gasteiger partial charge in [0.1, 0.15) is 12.4 Å². The van der Waals surface area contributed by atoms with Crippen LogP contribution in [0, 0.1) is 5.82 Å². The van der Waals surface area contributed by atoms with Gasteiger partial charge in [-0.1, -0.05) is 6.07 Å². The zero-order valence-electron chi connectivity index (χ0n) is 13.1. The first kappa shape index (κ1) is 15.9. The van der Waals surface area contributed by atoms with Crippen LogP contribution in [0.15, 0.2) is 24.3 Å². The van der Waals surface area contributed by atoms with Gasteiger partial charge in [0.15, 0.2) is 11.9 Å². The Labute approximate surface area is 133 Å². The molecule has 0 N–H and O–H groups in total. The smallest absolute Gasteiger partial charge is 0.254 e. The molecular formula is C16H19FN2O4. The van der Waals surface area contributed by atoms with Gasteiger partial charge in [-0.3, -0.25) is 9.59 Å². The van der Waals surface area contributed by atoms with Crippen LogP contribution in [0.25, 0.3) is 0 Å². The molecule has 2 fully saturated rings. The molecule has 6 nitrogen and oxygen atoms in total. The van der Waals surface area contributed by atoms with E-state index in [0.717, 1.165) is 0 Å². The topological polar surface area (TPSA) is 59.1 Å². The van der Waals surface area contributed by atoms with Crippen LogP contribution < -0.4 is 4.90 Å². The molecule has 1 aromatic rings. The molecule has 2 heterocycles. The molecule has 0 radical (unpaired) electrons. The molecule has 2 aliphatic rings. The van der Waals surface area contributed by atoms with E-state index in [0.29, 0.717) is 18.8 Å². The summed E-state index contributed by atoms with van der Waals surface area (Å²) in [6, 6.07) is 5.87. The number of carbonyl (C=O) groups is 2. The molecule has 23 heavy (non-hydrogen) atoms. The van der Waals surface area contributed by atoms with Crippen LogP contribution in [-0.4, -0.2) is 54.8 Å². The number of carbonyl (C=O) groups excluding carboxylic acids is 2. The number of nitrogens with zero attached hydrogens (tertiary/aromatic N) is 2. The molecule has 0 aromatic heterocycles. The quantitative estimate of drug-likeness (QED) is 0.820. The van der Waals surface area contributed by atoms with E-state index in [2.05, 4.69) is 0 Å². The number of amides is 2. The zero-order valence-corrected chi connectivity index (χ0v) is 13.1. The number of hydrogen-bond acceptors (Lipinski definition) is 4. The number of anilines is 1. The summed E-state index contributed by atoms with van der Waals surface area (Å²) >= 11 is 0. The summed E-state index contributed by atoms with van der Waals surface area (Å²) in [5.74, 6) is -1.67. The summed E-state index contributed by atoms with van der Waals surface area (Å²) in [6.07, 6.45) is -0.682. The second-order valence-corrected chi connectivity index (χ2v) is 6.10. The summed E-state index contributed by atoms with van der Waals surface area (Å²) in [5, 5.41) is 0. The number of benzene rings is 1. The van der Waals surface area contributed by atoms with Crippen LogP contribution in [0.3, 0.4) is 0 Å². The molecule has 1 aromatic carbocycles. The average Bonchev–Trinajstić information content (AvgIpc) is 2.86. The molecule has 0 aliphatic carbocycles. The molecule has 2 amide bonds. The standard InChI is InChI=1S/C16H19FN2O4/c1-16(2)22-10-13(23-16)15(21)18-6-7-19(14(20)9-18)12-5-3-4-11(17)8-12/h3-5,8,13H,6-7,9-10H2,1-2H3/t13-/m0/s1. The Morgan fingerprint density at radius 2 is 2.13 bits per heavy atom. The highest BCUT2D eigenvalue weighted by Crippen LogP contribution is 2.24. The SMILES string of the molecule is CC1(C)OC[C@@H](C(=O)N2CCN(c3cccc(F)c3)C(=O)C2)O1. The van der Waals surface area contributed by atoms with Crippen LogP contribution in [-0.2, 0) is 19.1 Å². The lowest BCUT2D eigenvalue weighted by molar-refractivity contribution is -0.161. The van der Waals surface area contributed by atoms with E-state index < -0.39 is 17.7 Å². The maximum absolute atomic E-state index is 13.3. The fourth-order valence-electron chi connectivity index (χ4n) is 2.79. The van der Waals surface area contributed by atoms with Gasteiger partial charge in [0, 0.05) is 18.8 Å². The van der Waals surface area contributed by atoms with Crippen molar-refractivity contribution in [3.8, 4) is 0 Å². The van der Waals surface area contributed by atoms with Crippen LogP contribution in [0.2, 0.25) is 0 Å². The Bertz CT molecular complexity index is 634. The average molecular weight is 322 g/mol. The summed E-state index contributed by atoms with van der Waals surface area (Å²) in [5.41, 5.74) is 0.503. The molecule has 7 heteroatoms. The van der Waals surface area contributed by atoms with Gasteiger partial charge in [-0.25, -0.2) is 4.39 Å². The maximum atomic E-state index is 13.3. The molecule has 0 saturated carbocycles. The van der Waals surface area contributed by atoms with E-state index in [-0.39, 0.29) is 25.0 Å². The Hall–Kier alpha value is -1.99. The first-order valence-corrected chi connectivity index (χ1v) is 7.52. The van der Waals surface area contributed by atoms with Crippen molar-refractivity contribution in [1.82, 2.24) is 4.90 Å². The monoisotopic (exact) mass is 322 g/mol. The number of piperazine rings is 1. The first-order chi connectivity index (χ1) is 10.9. The van der Waals surface area contributed by atoms with Crippen molar-refractivity contribution in [2.75, 3.05) is 31.1 Å². The fraction of sp³-hybridized carbons (Fsp3) is 0.500. The Balaban J connectivity index is 1.65. The van der Waals surface area contributed by atoms with Crippen LogP contribution >= 0.6 is 0 Å². The van der Waals surface area contributed by atoms with Crippen molar-refractivity contribution in [3.63, 3.8) is 0 Å². The molecule has 0 spiro atoms. The number of ether oxygens (including phenoxy) is 2. The minimum atomic E-state index is -0.784. The predicted molar refractivity (Wildman–Crippen MR) is 80.2 cm³/mol. The third-order valence-corrected chi connectivity index (χ3v) is 3.94. The Kier molecular flexibility index (Phi) is 4.08. The van der Waals surface area contributed by atoms with E-state index >= 15 is 0 Å². The van der Waals surface area contributed by atoms with Crippen molar-refractivity contribution in [2.45, 2.75) is 25.7 Å². The Morgan fingerprint density at radius 3 is 2.74 bits per heavy atom. The highest BCUT2D eigenvalue weighted by atomic mass is 19.1. The van der Waals surface area contributed by atoms with E-state index in [9.17, 15) is 14.0 Å². The van der Waals surface area contributed by atoms with Gasteiger partial charge in [-0.15, -0.1) is 0 Å². The molecule has 2 saturated heterocycles. The maximum Gasteiger partial charge on any atom is 0.254 e. The zero-order chi connectivity index (χ0) is 16.6. The van der Waals surface area contributed by atoms with Gasteiger partial charge in [0.2, 0.25) is 5.91 Å². The van der Waals surface area contributed by atoms with Crippen LogP contribution in [0.5, 0.6) is 0 Å². The van der Waals surface area contributed by atoms with E-state index in [1.807, 2.05) is 0 Å². The molecule has 0 unspecified atom stereocenters. The second-order valence-electron chi connectivity index (χ2n) is 6.10. The normalized spacial score (nSPS) is 24.1. The Morgan fingerprint density at radius 1 is 1.35 bits per heavy atom. The number of rotatable bonds is 2. The lowest BCUT2D eigenvalue weighted by atomic mass is 10.2. The van der Waals surface area contributed by atoms with E-state index in [4.69, 9.17) is 9.47 Å². The summed E-state index contributed by atoms with van der Waals surface area (Å²) in [7, 11) is 0. The van der Waals surface area contributed by atoms with Crippen LogP contribution in [0.1, 0.15) is 13.8 Å². The second kappa shape index (κ2) is 5.90. The molecule has 2 aliphatic heterocycles. The van der Waals surface area contributed by atoms with Gasteiger partial charge in [0.05, 0.1) is 6.61 Å². The van der Waals surface area contributed by atoms with Crippen LogP contribution in [0.4, 0.5) is 10.1 Å². The largest absolute Gasteiger partial charge is 0.347 e. The number of hydrogen-bond donors (Lipinski definition) is 0. The van der Waals surface area contributed by atoms with Crippen molar-refractivity contribution in [3.05, 3.63) is 30.1 Å². The van der Waals surface area contributed by atoms with Crippen molar-refractivity contribution < 1.29 is 23.5 Å². The number of halogens is 1. The minimum absolute atomic E-state index is 0.0460. The highest BCUT2D eigenvalue weighted by Gasteiger charge is 2.40. The van der Waals surface area contributed by atoms with Gasteiger partial charge in [-0.2, -0.15) is 0 Å². The third kappa shape index (κ3) is 3.35. The van der Waals surface area contributed by atoms with Crippen molar-refractivity contribution >= 4 is 17.5 Å².